The molecular formula is C21H20ClN3O2. The van der Waals surface area contributed by atoms with Gasteiger partial charge >= 0.3 is 0 Å². The van der Waals surface area contributed by atoms with E-state index < -0.39 is 0 Å². The fourth-order valence-corrected chi connectivity index (χ4v) is 3.70. The Morgan fingerprint density at radius 2 is 1.81 bits per heavy atom. The van der Waals surface area contributed by atoms with Gasteiger partial charge in [0.15, 0.2) is 0 Å². The lowest BCUT2D eigenvalue weighted by Crippen LogP contribution is -2.41. The van der Waals surface area contributed by atoms with Gasteiger partial charge < -0.3 is 15.2 Å². The molecule has 138 valence electrons. The molecule has 5 nitrogen and oxygen atoms in total. The predicted molar refractivity (Wildman–Crippen MR) is 107 cm³/mol. The minimum Gasteiger partial charge on any atom is -0.351 e. The van der Waals surface area contributed by atoms with Gasteiger partial charge in [-0.15, -0.1) is 0 Å². The van der Waals surface area contributed by atoms with Crippen molar-refractivity contribution in [1.29, 1.82) is 0 Å². The van der Waals surface area contributed by atoms with Crippen molar-refractivity contribution in [3.05, 3.63) is 65.3 Å². The first-order chi connectivity index (χ1) is 13.1. The van der Waals surface area contributed by atoms with Crippen LogP contribution in [0.2, 0.25) is 5.02 Å². The molecule has 1 fully saturated rings. The zero-order valence-corrected chi connectivity index (χ0v) is 15.5. The Morgan fingerprint density at radius 3 is 2.56 bits per heavy atom. The molecule has 2 heterocycles. The SMILES string of the molecule is O=C(Nc1cccc(Cl)c1)C1CCN(C(=O)c2cc3ccccc3[nH]2)CC1. The fraction of sp³-hybridized carbons (Fsp3) is 0.238. The molecule has 2 N–H and O–H groups in total. The van der Waals surface area contributed by atoms with Gasteiger partial charge in [-0.1, -0.05) is 35.9 Å². The van der Waals surface area contributed by atoms with E-state index >= 15 is 0 Å². The topological polar surface area (TPSA) is 65.2 Å². The maximum atomic E-state index is 12.8. The van der Waals surface area contributed by atoms with Crippen LogP contribution in [0, 0.1) is 5.92 Å². The number of likely N-dealkylation sites (tertiary alicyclic amines) is 1. The predicted octanol–water partition coefficient (Wildman–Crippen LogP) is 4.31. The minimum absolute atomic E-state index is 0.0140. The van der Waals surface area contributed by atoms with Gasteiger partial charge in [0.05, 0.1) is 0 Å². The van der Waals surface area contributed by atoms with E-state index in [1.165, 1.54) is 0 Å². The lowest BCUT2D eigenvalue weighted by Gasteiger charge is -2.31. The number of fused-ring (bicyclic) bond motifs is 1. The highest BCUT2D eigenvalue weighted by Gasteiger charge is 2.28. The van der Waals surface area contributed by atoms with E-state index in [0.29, 0.717) is 42.3 Å². The van der Waals surface area contributed by atoms with Gasteiger partial charge in [0.1, 0.15) is 5.69 Å². The van der Waals surface area contributed by atoms with Crippen LogP contribution in [0.3, 0.4) is 0 Å². The third-order valence-corrected chi connectivity index (χ3v) is 5.24. The van der Waals surface area contributed by atoms with Crippen LogP contribution in [0.5, 0.6) is 0 Å². The summed E-state index contributed by atoms with van der Waals surface area (Å²) in [6.07, 6.45) is 1.30. The zero-order valence-electron chi connectivity index (χ0n) is 14.7. The van der Waals surface area contributed by atoms with Gasteiger partial charge in [0, 0.05) is 40.6 Å². The van der Waals surface area contributed by atoms with E-state index in [1.54, 1.807) is 18.2 Å². The summed E-state index contributed by atoms with van der Waals surface area (Å²) in [5.74, 6) is -0.134. The van der Waals surface area contributed by atoms with Gasteiger partial charge in [-0.2, -0.15) is 0 Å². The number of H-pyrrole nitrogens is 1. The Hall–Kier alpha value is -2.79. The Balaban J connectivity index is 1.36. The van der Waals surface area contributed by atoms with E-state index in [2.05, 4.69) is 10.3 Å². The molecular weight excluding hydrogens is 362 g/mol. The van der Waals surface area contributed by atoms with Crippen molar-refractivity contribution in [3.8, 4) is 0 Å². The molecule has 1 aliphatic heterocycles. The van der Waals surface area contributed by atoms with Gasteiger partial charge in [0.25, 0.3) is 5.91 Å². The highest BCUT2D eigenvalue weighted by atomic mass is 35.5. The lowest BCUT2D eigenvalue weighted by molar-refractivity contribution is -0.121. The van der Waals surface area contributed by atoms with Crippen LogP contribution in [0.25, 0.3) is 10.9 Å². The standard InChI is InChI=1S/C21H20ClN3O2/c22-16-5-3-6-17(13-16)23-20(26)14-8-10-25(11-9-14)21(27)19-12-15-4-1-2-7-18(15)24-19/h1-7,12-14,24H,8-11H2,(H,23,26). The number of benzene rings is 2. The van der Waals surface area contributed by atoms with Crippen LogP contribution in [0.15, 0.2) is 54.6 Å². The van der Waals surface area contributed by atoms with Crippen molar-refractivity contribution in [2.24, 2.45) is 5.92 Å². The summed E-state index contributed by atoms with van der Waals surface area (Å²) in [6, 6.07) is 16.8. The highest BCUT2D eigenvalue weighted by molar-refractivity contribution is 6.30. The molecule has 0 radical (unpaired) electrons. The quantitative estimate of drug-likeness (QED) is 0.709. The lowest BCUT2D eigenvalue weighted by atomic mass is 9.95. The monoisotopic (exact) mass is 381 g/mol. The number of piperidine rings is 1. The van der Waals surface area contributed by atoms with E-state index in [4.69, 9.17) is 11.6 Å². The molecule has 2 aromatic carbocycles. The second-order valence-electron chi connectivity index (χ2n) is 6.84. The summed E-state index contributed by atoms with van der Waals surface area (Å²) < 4.78 is 0. The molecule has 3 aromatic rings. The number of carbonyl (C=O) groups is 2. The number of hydrogen-bond acceptors (Lipinski definition) is 2. The average Bonchev–Trinajstić information content (AvgIpc) is 3.12. The summed E-state index contributed by atoms with van der Waals surface area (Å²) in [4.78, 5) is 30.2. The normalized spacial score (nSPS) is 15.1. The summed E-state index contributed by atoms with van der Waals surface area (Å²) in [5, 5.41) is 4.53. The number of para-hydroxylation sites is 1. The smallest absolute Gasteiger partial charge is 0.270 e. The number of anilines is 1. The van der Waals surface area contributed by atoms with Crippen LogP contribution >= 0.6 is 11.6 Å². The number of aromatic amines is 1. The first-order valence-electron chi connectivity index (χ1n) is 9.03. The van der Waals surface area contributed by atoms with Crippen molar-refractivity contribution >= 4 is 40.0 Å². The number of halogens is 1. The van der Waals surface area contributed by atoms with Crippen LogP contribution in [0.1, 0.15) is 23.3 Å². The van der Waals surface area contributed by atoms with Gasteiger partial charge in [-0.05, 0) is 43.2 Å². The highest BCUT2D eigenvalue weighted by Crippen LogP contribution is 2.23. The molecule has 6 heteroatoms. The van der Waals surface area contributed by atoms with Crippen molar-refractivity contribution < 1.29 is 9.59 Å². The Kier molecular flexibility index (Phi) is 4.86. The number of aromatic nitrogens is 1. The number of rotatable bonds is 3. The van der Waals surface area contributed by atoms with E-state index in [0.717, 1.165) is 10.9 Å². The average molecular weight is 382 g/mol. The second-order valence-corrected chi connectivity index (χ2v) is 7.27. The van der Waals surface area contributed by atoms with Gasteiger partial charge in [-0.25, -0.2) is 0 Å². The fourth-order valence-electron chi connectivity index (χ4n) is 3.51. The second kappa shape index (κ2) is 7.45. The summed E-state index contributed by atoms with van der Waals surface area (Å²) in [5.41, 5.74) is 2.25. The van der Waals surface area contributed by atoms with Crippen molar-refractivity contribution in [2.75, 3.05) is 18.4 Å². The van der Waals surface area contributed by atoms with Crippen LogP contribution < -0.4 is 5.32 Å². The Morgan fingerprint density at radius 1 is 1.04 bits per heavy atom. The molecule has 1 saturated heterocycles. The van der Waals surface area contributed by atoms with Crippen LogP contribution in [-0.2, 0) is 4.79 Å². The maximum absolute atomic E-state index is 12.8. The summed E-state index contributed by atoms with van der Waals surface area (Å²) >= 11 is 5.96. The molecule has 0 saturated carbocycles. The molecule has 0 atom stereocenters. The molecule has 1 aliphatic rings. The maximum Gasteiger partial charge on any atom is 0.270 e. The van der Waals surface area contributed by atoms with Crippen molar-refractivity contribution in [2.45, 2.75) is 12.8 Å². The van der Waals surface area contributed by atoms with Gasteiger partial charge in [-0.3, -0.25) is 9.59 Å². The minimum atomic E-state index is -0.101. The molecule has 27 heavy (non-hydrogen) atoms. The van der Waals surface area contributed by atoms with Crippen LogP contribution in [0.4, 0.5) is 5.69 Å². The first-order valence-corrected chi connectivity index (χ1v) is 9.41. The zero-order chi connectivity index (χ0) is 18.8. The van der Waals surface area contributed by atoms with Crippen molar-refractivity contribution in [3.63, 3.8) is 0 Å². The first kappa shape index (κ1) is 17.6. The number of nitrogens with zero attached hydrogens (tertiary/aromatic N) is 1. The van der Waals surface area contributed by atoms with E-state index in [-0.39, 0.29) is 17.7 Å². The van der Waals surface area contributed by atoms with E-state index in [1.807, 2.05) is 41.3 Å². The summed E-state index contributed by atoms with van der Waals surface area (Å²) in [6.45, 7) is 1.14. The molecule has 0 bridgehead atoms. The largest absolute Gasteiger partial charge is 0.351 e. The molecule has 1 aromatic heterocycles. The number of amides is 2. The Labute approximate surface area is 162 Å². The third kappa shape index (κ3) is 3.83. The van der Waals surface area contributed by atoms with Gasteiger partial charge in [0.2, 0.25) is 5.91 Å². The number of carbonyl (C=O) groups excluding carboxylic acids is 2. The third-order valence-electron chi connectivity index (χ3n) is 5.01. The van der Waals surface area contributed by atoms with Crippen LogP contribution in [-0.4, -0.2) is 34.8 Å². The molecule has 2 amide bonds. The number of hydrogen-bond donors (Lipinski definition) is 2. The summed E-state index contributed by atoms with van der Waals surface area (Å²) in [7, 11) is 0. The number of nitrogens with one attached hydrogen (secondary N) is 2. The molecule has 4 rings (SSSR count). The Bertz CT molecular complexity index is 957. The molecule has 0 spiro atoms. The molecule has 0 aliphatic carbocycles. The molecule has 0 unspecified atom stereocenters. The van der Waals surface area contributed by atoms with E-state index in [9.17, 15) is 9.59 Å². The van der Waals surface area contributed by atoms with Crippen molar-refractivity contribution in [1.82, 2.24) is 9.88 Å².